The fourth-order valence-electron chi connectivity index (χ4n) is 1.96. The Morgan fingerprint density at radius 2 is 2.36 bits per heavy atom. The summed E-state index contributed by atoms with van der Waals surface area (Å²) in [6.07, 6.45) is 7.63. The van der Waals surface area contributed by atoms with Crippen LogP contribution < -0.4 is 5.32 Å². The van der Waals surface area contributed by atoms with Crippen LogP contribution in [0.3, 0.4) is 0 Å². The first-order valence-electron chi connectivity index (χ1n) is 4.90. The van der Waals surface area contributed by atoms with Crippen LogP contribution >= 0.6 is 23.1 Å². The Balaban J connectivity index is 1.89. The maximum absolute atomic E-state index is 3.99. The molecule has 1 saturated carbocycles. The smallest absolute Gasteiger partial charge is 0.205 e. The van der Waals surface area contributed by atoms with Crippen molar-refractivity contribution in [2.24, 2.45) is 0 Å². The van der Waals surface area contributed by atoms with Crippen LogP contribution in [0.4, 0.5) is 5.13 Å². The standard InChI is InChI=1S/C9H15N3S2/c1-13-9(4-2-3-5-9)6-10-8-12-11-7-14-8/h7H,2-6H2,1H3,(H,10,12). The normalized spacial score (nSPS) is 19.8. The third-order valence-corrected chi connectivity index (χ3v) is 4.94. The Morgan fingerprint density at radius 1 is 1.57 bits per heavy atom. The zero-order valence-corrected chi connectivity index (χ0v) is 9.96. The number of aromatic nitrogens is 2. The third kappa shape index (κ3) is 2.20. The summed E-state index contributed by atoms with van der Waals surface area (Å²) >= 11 is 3.57. The molecule has 0 aromatic carbocycles. The lowest BCUT2D eigenvalue weighted by Crippen LogP contribution is -2.29. The Bertz CT molecular complexity index is 268. The molecule has 0 atom stereocenters. The monoisotopic (exact) mass is 229 g/mol. The van der Waals surface area contributed by atoms with Gasteiger partial charge in [0.1, 0.15) is 5.51 Å². The van der Waals surface area contributed by atoms with Crippen molar-refractivity contribution in [3.8, 4) is 0 Å². The maximum Gasteiger partial charge on any atom is 0.205 e. The van der Waals surface area contributed by atoms with E-state index in [1.165, 1.54) is 25.7 Å². The molecule has 0 aliphatic heterocycles. The minimum absolute atomic E-state index is 0.450. The fourth-order valence-corrected chi connectivity index (χ4v) is 3.32. The van der Waals surface area contributed by atoms with E-state index in [0.717, 1.165) is 11.7 Å². The lowest BCUT2D eigenvalue weighted by Gasteiger charge is -2.26. The molecule has 0 radical (unpaired) electrons. The van der Waals surface area contributed by atoms with E-state index >= 15 is 0 Å². The number of hydrogen-bond donors (Lipinski definition) is 1. The zero-order chi connectivity index (χ0) is 9.86. The second kappa shape index (κ2) is 4.49. The highest BCUT2D eigenvalue weighted by molar-refractivity contribution is 8.00. The highest BCUT2D eigenvalue weighted by Crippen LogP contribution is 2.40. The molecule has 1 fully saturated rings. The number of thioether (sulfide) groups is 1. The Labute approximate surface area is 92.7 Å². The molecule has 1 aliphatic carbocycles. The van der Waals surface area contributed by atoms with Crippen LogP contribution in [0, 0.1) is 0 Å². The van der Waals surface area contributed by atoms with Crippen LogP contribution in [-0.2, 0) is 0 Å². The lowest BCUT2D eigenvalue weighted by atomic mass is 10.1. The van der Waals surface area contributed by atoms with Crippen LogP contribution in [0.2, 0.25) is 0 Å². The van der Waals surface area contributed by atoms with Crippen molar-refractivity contribution in [2.75, 3.05) is 18.1 Å². The van der Waals surface area contributed by atoms with Crippen molar-refractivity contribution in [2.45, 2.75) is 30.4 Å². The summed E-state index contributed by atoms with van der Waals surface area (Å²) in [6, 6.07) is 0. The second-order valence-corrected chi connectivity index (χ2v) is 5.80. The molecule has 1 aromatic heterocycles. The summed E-state index contributed by atoms with van der Waals surface area (Å²) in [7, 11) is 0. The van der Waals surface area contributed by atoms with Crippen LogP contribution in [0.15, 0.2) is 5.51 Å². The first-order chi connectivity index (χ1) is 6.85. The number of nitrogens with zero attached hydrogens (tertiary/aromatic N) is 2. The van der Waals surface area contributed by atoms with Gasteiger partial charge in [-0.25, -0.2) is 0 Å². The Hall–Kier alpha value is -0.290. The largest absolute Gasteiger partial charge is 0.359 e. The molecule has 5 heteroatoms. The first kappa shape index (κ1) is 10.2. The molecule has 14 heavy (non-hydrogen) atoms. The van der Waals surface area contributed by atoms with E-state index in [9.17, 15) is 0 Å². The first-order valence-corrected chi connectivity index (χ1v) is 7.00. The summed E-state index contributed by atoms with van der Waals surface area (Å²) < 4.78 is 0.450. The van der Waals surface area contributed by atoms with Crippen molar-refractivity contribution in [1.29, 1.82) is 0 Å². The molecular weight excluding hydrogens is 214 g/mol. The minimum atomic E-state index is 0.450. The third-order valence-electron chi connectivity index (χ3n) is 2.87. The highest BCUT2D eigenvalue weighted by atomic mass is 32.2. The second-order valence-electron chi connectivity index (χ2n) is 3.69. The molecule has 0 spiro atoms. The van der Waals surface area contributed by atoms with Gasteiger partial charge in [0.25, 0.3) is 0 Å². The molecular formula is C9H15N3S2. The number of anilines is 1. The average Bonchev–Trinajstić information content (AvgIpc) is 2.87. The van der Waals surface area contributed by atoms with E-state index < -0.39 is 0 Å². The minimum Gasteiger partial charge on any atom is -0.359 e. The topological polar surface area (TPSA) is 37.8 Å². The molecule has 0 unspecified atom stereocenters. The van der Waals surface area contributed by atoms with Crippen molar-refractivity contribution < 1.29 is 0 Å². The van der Waals surface area contributed by atoms with E-state index in [4.69, 9.17) is 0 Å². The molecule has 2 rings (SSSR count). The van der Waals surface area contributed by atoms with Crippen molar-refractivity contribution in [1.82, 2.24) is 10.2 Å². The lowest BCUT2D eigenvalue weighted by molar-refractivity contribution is 0.639. The van der Waals surface area contributed by atoms with Gasteiger partial charge in [0.15, 0.2) is 0 Å². The Kier molecular flexibility index (Phi) is 3.28. The van der Waals surface area contributed by atoms with Gasteiger partial charge >= 0.3 is 0 Å². The van der Waals surface area contributed by atoms with Gasteiger partial charge in [-0.2, -0.15) is 11.8 Å². The van der Waals surface area contributed by atoms with Crippen LogP contribution in [0.5, 0.6) is 0 Å². The van der Waals surface area contributed by atoms with Crippen LogP contribution in [0.1, 0.15) is 25.7 Å². The quantitative estimate of drug-likeness (QED) is 0.861. The molecule has 3 nitrogen and oxygen atoms in total. The van der Waals surface area contributed by atoms with Gasteiger partial charge in [-0.1, -0.05) is 24.2 Å². The van der Waals surface area contributed by atoms with Gasteiger partial charge < -0.3 is 5.32 Å². The van der Waals surface area contributed by atoms with E-state index in [2.05, 4.69) is 21.8 Å². The van der Waals surface area contributed by atoms with Crippen LogP contribution in [0.25, 0.3) is 0 Å². The van der Waals surface area contributed by atoms with E-state index in [-0.39, 0.29) is 0 Å². The van der Waals surface area contributed by atoms with Gasteiger partial charge in [0.2, 0.25) is 5.13 Å². The van der Waals surface area contributed by atoms with Gasteiger partial charge in [-0.3, -0.25) is 0 Å². The van der Waals surface area contributed by atoms with Crippen molar-refractivity contribution in [3.05, 3.63) is 5.51 Å². The molecule has 1 aliphatic rings. The summed E-state index contributed by atoms with van der Waals surface area (Å²) in [6.45, 7) is 1.03. The predicted octanol–water partition coefficient (Wildman–Crippen LogP) is 2.63. The molecule has 1 N–H and O–H groups in total. The van der Waals surface area contributed by atoms with E-state index in [1.54, 1.807) is 16.8 Å². The number of hydrogen-bond acceptors (Lipinski definition) is 5. The average molecular weight is 229 g/mol. The van der Waals surface area contributed by atoms with Gasteiger partial charge in [0, 0.05) is 11.3 Å². The molecule has 0 bridgehead atoms. The van der Waals surface area contributed by atoms with Gasteiger partial charge in [-0.05, 0) is 19.1 Å². The van der Waals surface area contributed by atoms with E-state index in [1.807, 2.05) is 11.8 Å². The molecule has 1 aromatic rings. The number of rotatable bonds is 4. The fraction of sp³-hybridized carbons (Fsp3) is 0.778. The summed E-state index contributed by atoms with van der Waals surface area (Å²) in [5, 5.41) is 12.1. The van der Waals surface area contributed by atoms with E-state index in [0.29, 0.717) is 4.75 Å². The molecule has 0 amide bonds. The molecule has 1 heterocycles. The highest BCUT2D eigenvalue weighted by Gasteiger charge is 2.32. The SMILES string of the molecule is CSC1(CNc2nncs2)CCCC1. The summed E-state index contributed by atoms with van der Waals surface area (Å²) in [4.78, 5) is 0. The van der Waals surface area contributed by atoms with Gasteiger partial charge in [0.05, 0.1) is 0 Å². The summed E-state index contributed by atoms with van der Waals surface area (Å²) in [5.74, 6) is 0. The predicted molar refractivity (Wildman–Crippen MR) is 63.1 cm³/mol. The zero-order valence-electron chi connectivity index (χ0n) is 8.32. The number of nitrogens with one attached hydrogen (secondary N) is 1. The van der Waals surface area contributed by atoms with Crippen molar-refractivity contribution in [3.63, 3.8) is 0 Å². The van der Waals surface area contributed by atoms with Crippen molar-refractivity contribution >= 4 is 28.2 Å². The summed E-state index contributed by atoms with van der Waals surface area (Å²) in [5.41, 5.74) is 1.77. The maximum atomic E-state index is 3.99. The van der Waals surface area contributed by atoms with Crippen LogP contribution in [-0.4, -0.2) is 27.7 Å². The molecule has 0 saturated heterocycles. The van der Waals surface area contributed by atoms with Gasteiger partial charge in [-0.15, -0.1) is 10.2 Å². The Morgan fingerprint density at radius 3 is 2.93 bits per heavy atom. The molecule has 78 valence electrons.